The Morgan fingerprint density at radius 2 is 1.57 bits per heavy atom. The Bertz CT molecular complexity index is 208. The first kappa shape index (κ1) is 13.7. The summed E-state index contributed by atoms with van der Waals surface area (Å²) in [6, 6.07) is 0. The molecule has 0 atom stereocenters. The SMILES string of the molecule is CN(C)CCN(C)CC#C[Si](C)(C)C. The van der Waals surface area contributed by atoms with E-state index in [1.807, 2.05) is 0 Å². The number of nitrogens with zero attached hydrogens (tertiary/aromatic N) is 2. The minimum absolute atomic E-state index is 0.901. The van der Waals surface area contributed by atoms with Crippen LogP contribution in [0.1, 0.15) is 0 Å². The molecule has 0 saturated heterocycles. The lowest BCUT2D eigenvalue weighted by molar-refractivity contribution is 0.305. The van der Waals surface area contributed by atoms with Crippen LogP contribution in [0.3, 0.4) is 0 Å². The first-order valence-electron chi connectivity index (χ1n) is 5.14. The van der Waals surface area contributed by atoms with Gasteiger partial charge in [-0.15, -0.1) is 5.54 Å². The highest BCUT2D eigenvalue weighted by Gasteiger charge is 2.07. The molecule has 0 rings (SSSR count). The Hall–Kier alpha value is -0.303. The second-order valence-corrected chi connectivity index (χ2v) is 9.84. The lowest BCUT2D eigenvalue weighted by Gasteiger charge is -2.16. The molecular formula is C11H24N2Si. The van der Waals surface area contributed by atoms with E-state index in [9.17, 15) is 0 Å². The fourth-order valence-electron chi connectivity index (χ4n) is 0.889. The van der Waals surface area contributed by atoms with E-state index in [1.54, 1.807) is 0 Å². The molecule has 0 aliphatic rings. The summed E-state index contributed by atoms with van der Waals surface area (Å²) in [6.07, 6.45) is 0. The van der Waals surface area contributed by atoms with Gasteiger partial charge < -0.3 is 4.90 Å². The van der Waals surface area contributed by atoms with Crippen molar-refractivity contribution in [1.29, 1.82) is 0 Å². The highest BCUT2D eigenvalue weighted by molar-refractivity contribution is 6.83. The summed E-state index contributed by atoms with van der Waals surface area (Å²) in [5.41, 5.74) is 3.37. The molecule has 0 N–H and O–H groups in total. The molecule has 2 nitrogen and oxygen atoms in total. The van der Waals surface area contributed by atoms with Crippen molar-refractivity contribution in [1.82, 2.24) is 9.80 Å². The molecule has 0 saturated carbocycles. The third kappa shape index (κ3) is 9.78. The standard InChI is InChI=1S/C11H24N2Si/c1-12(2)9-10-13(3)8-7-11-14(4,5)6/h8-10H2,1-6H3. The summed E-state index contributed by atoms with van der Waals surface area (Å²) < 4.78 is 0. The van der Waals surface area contributed by atoms with Crippen molar-refractivity contribution in [3.05, 3.63) is 0 Å². The normalized spacial score (nSPS) is 11.7. The molecule has 0 aromatic carbocycles. The molecule has 0 bridgehead atoms. The van der Waals surface area contributed by atoms with Crippen LogP contribution < -0.4 is 0 Å². The summed E-state index contributed by atoms with van der Waals surface area (Å²) >= 11 is 0. The average molecular weight is 212 g/mol. The van der Waals surface area contributed by atoms with Gasteiger partial charge in [0.05, 0.1) is 6.54 Å². The average Bonchev–Trinajstić information content (AvgIpc) is 1.98. The van der Waals surface area contributed by atoms with E-state index in [1.165, 1.54) is 0 Å². The van der Waals surface area contributed by atoms with E-state index in [0.717, 1.165) is 19.6 Å². The Kier molecular flexibility index (Phi) is 6.10. The Balaban J connectivity index is 3.72. The fourth-order valence-corrected chi connectivity index (χ4v) is 1.50. The van der Waals surface area contributed by atoms with E-state index in [-0.39, 0.29) is 0 Å². The Labute approximate surface area is 90.3 Å². The molecule has 0 aliphatic heterocycles. The molecule has 0 unspecified atom stereocenters. The molecule has 0 heterocycles. The minimum atomic E-state index is -1.17. The van der Waals surface area contributed by atoms with Crippen molar-refractivity contribution < 1.29 is 0 Å². The summed E-state index contributed by atoms with van der Waals surface area (Å²) in [5, 5.41) is 0. The van der Waals surface area contributed by atoms with Gasteiger partial charge in [0.15, 0.2) is 0 Å². The topological polar surface area (TPSA) is 6.48 Å². The molecule has 0 aliphatic carbocycles. The predicted molar refractivity (Wildman–Crippen MR) is 67.2 cm³/mol. The van der Waals surface area contributed by atoms with E-state index < -0.39 is 8.07 Å². The largest absolute Gasteiger partial charge is 0.308 e. The fraction of sp³-hybridized carbons (Fsp3) is 0.818. The summed E-state index contributed by atoms with van der Waals surface area (Å²) in [6.45, 7) is 9.93. The second-order valence-electron chi connectivity index (χ2n) is 5.09. The third-order valence-electron chi connectivity index (χ3n) is 1.74. The van der Waals surface area contributed by atoms with Crippen molar-refractivity contribution in [3.8, 4) is 11.5 Å². The Morgan fingerprint density at radius 3 is 2.00 bits per heavy atom. The smallest absolute Gasteiger partial charge is 0.129 e. The van der Waals surface area contributed by atoms with Crippen LogP contribution in [0.15, 0.2) is 0 Å². The van der Waals surface area contributed by atoms with E-state index in [2.05, 4.69) is 62.0 Å². The molecule has 0 aromatic rings. The van der Waals surface area contributed by atoms with Crippen LogP contribution in [-0.4, -0.2) is 58.7 Å². The summed E-state index contributed by atoms with van der Waals surface area (Å²) in [5.74, 6) is 3.27. The molecule has 3 heteroatoms. The number of rotatable bonds is 4. The van der Waals surface area contributed by atoms with Crippen LogP contribution >= 0.6 is 0 Å². The predicted octanol–water partition coefficient (Wildman–Crippen LogP) is 1.36. The van der Waals surface area contributed by atoms with Crippen molar-refractivity contribution in [2.24, 2.45) is 0 Å². The van der Waals surface area contributed by atoms with E-state index in [4.69, 9.17) is 0 Å². The van der Waals surface area contributed by atoms with Crippen LogP contribution in [0.25, 0.3) is 0 Å². The number of hydrogen-bond acceptors (Lipinski definition) is 2. The maximum absolute atomic E-state index is 3.37. The molecule has 0 radical (unpaired) electrons. The molecule has 0 fully saturated rings. The first-order valence-corrected chi connectivity index (χ1v) is 8.64. The number of likely N-dealkylation sites (N-methyl/N-ethyl adjacent to an activating group) is 2. The summed E-state index contributed by atoms with van der Waals surface area (Å²) in [4.78, 5) is 4.47. The van der Waals surface area contributed by atoms with Crippen LogP contribution in [0.4, 0.5) is 0 Å². The highest BCUT2D eigenvalue weighted by atomic mass is 28.3. The van der Waals surface area contributed by atoms with E-state index >= 15 is 0 Å². The minimum Gasteiger partial charge on any atom is -0.308 e. The Morgan fingerprint density at radius 1 is 1.00 bits per heavy atom. The molecular weight excluding hydrogens is 188 g/mol. The quantitative estimate of drug-likeness (QED) is 0.513. The van der Waals surface area contributed by atoms with Gasteiger partial charge in [0.2, 0.25) is 0 Å². The monoisotopic (exact) mass is 212 g/mol. The zero-order valence-electron chi connectivity index (χ0n) is 10.5. The maximum atomic E-state index is 3.37. The second kappa shape index (κ2) is 6.23. The van der Waals surface area contributed by atoms with Crippen molar-refractivity contribution >= 4 is 8.07 Å². The van der Waals surface area contributed by atoms with Gasteiger partial charge in [0.25, 0.3) is 0 Å². The van der Waals surface area contributed by atoms with Gasteiger partial charge in [0, 0.05) is 13.1 Å². The van der Waals surface area contributed by atoms with Gasteiger partial charge in [-0.25, -0.2) is 0 Å². The number of hydrogen-bond donors (Lipinski definition) is 0. The molecule has 0 amide bonds. The maximum Gasteiger partial charge on any atom is 0.129 e. The molecule has 14 heavy (non-hydrogen) atoms. The zero-order chi connectivity index (χ0) is 11.2. The lowest BCUT2D eigenvalue weighted by Crippen LogP contribution is -2.29. The van der Waals surface area contributed by atoms with Crippen molar-refractivity contribution in [2.45, 2.75) is 19.6 Å². The van der Waals surface area contributed by atoms with Crippen molar-refractivity contribution in [2.75, 3.05) is 40.8 Å². The molecule has 82 valence electrons. The van der Waals surface area contributed by atoms with Gasteiger partial charge in [0.1, 0.15) is 8.07 Å². The lowest BCUT2D eigenvalue weighted by atomic mass is 10.5. The summed E-state index contributed by atoms with van der Waals surface area (Å²) in [7, 11) is 5.16. The van der Waals surface area contributed by atoms with Crippen molar-refractivity contribution in [3.63, 3.8) is 0 Å². The zero-order valence-corrected chi connectivity index (χ0v) is 11.5. The van der Waals surface area contributed by atoms with Crippen LogP contribution in [-0.2, 0) is 0 Å². The molecule has 0 aromatic heterocycles. The first-order chi connectivity index (χ1) is 6.31. The van der Waals surface area contributed by atoms with Gasteiger partial charge >= 0.3 is 0 Å². The van der Waals surface area contributed by atoms with Crippen LogP contribution in [0.5, 0.6) is 0 Å². The van der Waals surface area contributed by atoms with Crippen LogP contribution in [0.2, 0.25) is 19.6 Å². The molecule has 0 spiro atoms. The van der Waals surface area contributed by atoms with Crippen LogP contribution in [0, 0.1) is 11.5 Å². The third-order valence-corrected chi connectivity index (χ3v) is 2.67. The highest BCUT2D eigenvalue weighted by Crippen LogP contribution is 1.96. The van der Waals surface area contributed by atoms with Gasteiger partial charge in [-0.3, -0.25) is 4.90 Å². The van der Waals surface area contributed by atoms with Gasteiger partial charge in [-0.1, -0.05) is 25.6 Å². The van der Waals surface area contributed by atoms with Gasteiger partial charge in [-0.05, 0) is 21.1 Å². The van der Waals surface area contributed by atoms with E-state index in [0.29, 0.717) is 0 Å². The van der Waals surface area contributed by atoms with Gasteiger partial charge in [-0.2, -0.15) is 0 Å².